The largest absolute Gasteiger partial charge is 0.468 e. The van der Waals surface area contributed by atoms with Gasteiger partial charge in [0.05, 0.1) is 29.1 Å². The number of carbonyl (C=O) groups is 1. The Morgan fingerprint density at radius 2 is 1.79 bits per heavy atom. The van der Waals surface area contributed by atoms with Crippen molar-refractivity contribution in [2.45, 2.75) is 10.6 Å². The molecular weight excluding hydrogens is 400 g/mol. The molecule has 2 N–H and O–H groups in total. The first kappa shape index (κ1) is 20.1. The fraction of sp³-hybridized carbons (Fsp3) is 0.158. The van der Waals surface area contributed by atoms with Crippen LogP contribution in [0.15, 0.2) is 64.0 Å². The molecule has 0 aliphatic rings. The molecule has 0 amide bonds. The smallest absolute Gasteiger partial charge is 0.315 e. The average molecular weight is 418 g/mol. The Labute approximate surface area is 166 Å². The minimum Gasteiger partial charge on any atom is -0.468 e. The van der Waals surface area contributed by atoms with E-state index in [-0.39, 0.29) is 16.6 Å². The topological polar surface area (TPSA) is 112 Å². The molecule has 0 bridgehead atoms. The number of carbonyl (C=O) groups excluding carboxylic acids is 1. The number of hydrogen-bond acceptors (Lipinski definition) is 7. The van der Waals surface area contributed by atoms with Gasteiger partial charge in [-0.2, -0.15) is 0 Å². The van der Waals surface area contributed by atoms with Crippen LogP contribution in [0.2, 0.25) is 0 Å². The van der Waals surface area contributed by atoms with Gasteiger partial charge in [-0.05, 0) is 17.7 Å². The van der Waals surface area contributed by atoms with Crippen LogP contribution in [0.25, 0.3) is 22.4 Å². The lowest BCUT2D eigenvalue weighted by atomic mass is 9.99. The summed E-state index contributed by atoms with van der Waals surface area (Å²) < 4.78 is 33.2. The lowest BCUT2D eigenvalue weighted by molar-refractivity contribution is -0.137. The lowest BCUT2D eigenvalue weighted by Crippen LogP contribution is -2.11. The van der Waals surface area contributed by atoms with Gasteiger partial charge in [-0.25, -0.2) is 13.6 Å². The highest BCUT2D eigenvalue weighted by molar-refractivity contribution is 7.99. The number of ether oxygens (including phenoxy) is 1. The molecule has 1 heterocycles. The summed E-state index contributed by atoms with van der Waals surface area (Å²) in [7, 11) is -2.45. The maximum atomic E-state index is 11.5. The molecule has 3 rings (SSSR count). The van der Waals surface area contributed by atoms with E-state index in [0.29, 0.717) is 17.2 Å². The normalized spacial score (nSPS) is 11.4. The number of nitrogens with zero attached hydrogens (tertiary/aromatic N) is 1. The third-order valence-corrected chi connectivity index (χ3v) is 5.80. The number of primary sulfonamides is 1. The van der Waals surface area contributed by atoms with E-state index in [4.69, 9.17) is 9.66 Å². The zero-order chi connectivity index (χ0) is 20.1. The molecule has 0 atom stereocenters. The van der Waals surface area contributed by atoms with Gasteiger partial charge >= 0.3 is 5.97 Å². The number of sulfonamides is 1. The zero-order valence-corrected chi connectivity index (χ0v) is 16.6. The van der Waals surface area contributed by atoms with Gasteiger partial charge in [0, 0.05) is 5.56 Å². The highest BCUT2D eigenvalue weighted by Gasteiger charge is 2.20. The van der Waals surface area contributed by atoms with E-state index in [1.54, 1.807) is 12.1 Å². The molecule has 1 aromatic heterocycles. The molecule has 0 saturated heterocycles. The van der Waals surface area contributed by atoms with Crippen molar-refractivity contribution in [3.63, 3.8) is 0 Å². The number of nitrogens with two attached hydrogens (primary N) is 1. The maximum absolute atomic E-state index is 11.5. The van der Waals surface area contributed by atoms with E-state index in [2.05, 4.69) is 9.89 Å². The summed E-state index contributed by atoms with van der Waals surface area (Å²) in [5, 5.41) is 9.38. The van der Waals surface area contributed by atoms with Crippen LogP contribution in [0.1, 0.15) is 5.76 Å². The predicted molar refractivity (Wildman–Crippen MR) is 107 cm³/mol. The van der Waals surface area contributed by atoms with Crippen LogP contribution < -0.4 is 5.14 Å². The van der Waals surface area contributed by atoms with Crippen LogP contribution in [0.5, 0.6) is 0 Å². The highest BCUT2D eigenvalue weighted by atomic mass is 32.2. The summed E-state index contributed by atoms with van der Waals surface area (Å²) in [6.07, 6.45) is 0. The van der Waals surface area contributed by atoms with Crippen LogP contribution in [0, 0.1) is 0 Å². The zero-order valence-electron chi connectivity index (χ0n) is 15.0. The van der Waals surface area contributed by atoms with Crippen molar-refractivity contribution in [1.82, 2.24) is 5.16 Å². The lowest BCUT2D eigenvalue weighted by Gasteiger charge is -2.06. The van der Waals surface area contributed by atoms with Gasteiger partial charge < -0.3 is 9.26 Å². The van der Waals surface area contributed by atoms with E-state index in [1.165, 1.54) is 31.0 Å². The molecule has 0 aliphatic heterocycles. The molecule has 0 unspecified atom stereocenters. The maximum Gasteiger partial charge on any atom is 0.315 e. The summed E-state index contributed by atoms with van der Waals surface area (Å²) in [6.45, 7) is 0. The first-order valence-electron chi connectivity index (χ1n) is 8.22. The number of hydrogen-bond donors (Lipinski definition) is 1. The van der Waals surface area contributed by atoms with Crippen LogP contribution in [-0.2, 0) is 25.3 Å². The molecule has 0 fully saturated rings. The summed E-state index contributed by atoms with van der Waals surface area (Å²) >= 11 is 1.34. The molecule has 0 radical (unpaired) electrons. The fourth-order valence-electron chi connectivity index (χ4n) is 2.61. The quantitative estimate of drug-likeness (QED) is 0.587. The van der Waals surface area contributed by atoms with Crippen molar-refractivity contribution < 1.29 is 22.5 Å². The molecule has 3 aromatic rings. The van der Waals surface area contributed by atoms with Crippen molar-refractivity contribution in [3.05, 3.63) is 60.4 Å². The van der Waals surface area contributed by atoms with Crippen molar-refractivity contribution in [1.29, 1.82) is 0 Å². The van der Waals surface area contributed by atoms with Gasteiger partial charge in [-0.15, -0.1) is 11.8 Å². The standard InChI is InChI=1S/C19H18N2O5S2/c1-25-17(22)12-27-11-16-18(13-7-9-15(10-8-13)28(20,23)24)19(21-26-16)14-5-3-2-4-6-14/h2-10H,11-12H2,1H3,(H2,20,23,24). The first-order valence-corrected chi connectivity index (χ1v) is 10.9. The number of rotatable bonds is 7. The van der Waals surface area contributed by atoms with Crippen molar-refractivity contribution in [2.24, 2.45) is 5.14 Å². The van der Waals surface area contributed by atoms with Crippen LogP contribution in [0.3, 0.4) is 0 Å². The van der Waals surface area contributed by atoms with Crippen LogP contribution >= 0.6 is 11.8 Å². The molecule has 146 valence electrons. The Morgan fingerprint density at radius 1 is 1.11 bits per heavy atom. The minimum atomic E-state index is -3.78. The highest BCUT2D eigenvalue weighted by Crippen LogP contribution is 2.36. The Balaban J connectivity index is 2.00. The van der Waals surface area contributed by atoms with E-state index in [0.717, 1.165) is 16.7 Å². The number of esters is 1. The summed E-state index contributed by atoms with van der Waals surface area (Å²) in [5.74, 6) is 0.839. The number of methoxy groups -OCH3 is 1. The van der Waals surface area contributed by atoms with Gasteiger partial charge in [-0.3, -0.25) is 4.79 Å². The molecule has 28 heavy (non-hydrogen) atoms. The van der Waals surface area contributed by atoms with Gasteiger partial charge in [0.25, 0.3) is 0 Å². The van der Waals surface area contributed by atoms with Crippen molar-refractivity contribution in [2.75, 3.05) is 12.9 Å². The monoisotopic (exact) mass is 418 g/mol. The van der Waals surface area contributed by atoms with E-state index in [1.807, 2.05) is 30.3 Å². The summed E-state index contributed by atoms with van der Waals surface area (Å²) in [6, 6.07) is 15.7. The summed E-state index contributed by atoms with van der Waals surface area (Å²) in [5.41, 5.74) is 2.98. The fourth-order valence-corrected chi connectivity index (χ4v) is 3.90. The molecule has 0 aliphatic carbocycles. The molecule has 0 saturated carbocycles. The van der Waals surface area contributed by atoms with Gasteiger partial charge in [0.1, 0.15) is 5.69 Å². The van der Waals surface area contributed by atoms with E-state index in [9.17, 15) is 13.2 Å². The van der Waals surface area contributed by atoms with Gasteiger partial charge in [-0.1, -0.05) is 47.6 Å². The van der Waals surface area contributed by atoms with Crippen LogP contribution in [-0.4, -0.2) is 32.4 Å². The predicted octanol–water partition coefficient (Wildman–Crippen LogP) is 3.06. The minimum absolute atomic E-state index is 0.0237. The van der Waals surface area contributed by atoms with Crippen LogP contribution in [0.4, 0.5) is 0 Å². The number of thioether (sulfide) groups is 1. The molecular formula is C19H18N2O5S2. The van der Waals surface area contributed by atoms with Gasteiger partial charge in [0.2, 0.25) is 10.0 Å². The Hall–Kier alpha value is -2.62. The van der Waals surface area contributed by atoms with E-state index >= 15 is 0 Å². The third kappa shape index (κ3) is 4.61. The Kier molecular flexibility index (Phi) is 6.18. The first-order chi connectivity index (χ1) is 13.4. The third-order valence-electron chi connectivity index (χ3n) is 3.96. The number of benzene rings is 2. The average Bonchev–Trinajstić information content (AvgIpc) is 3.11. The second kappa shape index (κ2) is 8.59. The Morgan fingerprint density at radius 3 is 2.39 bits per heavy atom. The second-order valence-electron chi connectivity index (χ2n) is 5.83. The molecule has 9 heteroatoms. The molecule has 2 aromatic carbocycles. The molecule has 7 nitrogen and oxygen atoms in total. The number of aromatic nitrogens is 1. The van der Waals surface area contributed by atoms with Gasteiger partial charge in [0.15, 0.2) is 5.76 Å². The SMILES string of the molecule is COC(=O)CSCc1onc(-c2ccccc2)c1-c1ccc(S(N)(=O)=O)cc1. The molecule has 0 spiro atoms. The Bertz CT molecular complexity index is 1060. The second-order valence-corrected chi connectivity index (χ2v) is 8.38. The van der Waals surface area contributed by atoms with E-state index < -0.39 is 10.0 Å². The van der Waals surface area contributed by atoms with Crippen molar-refractivity contribution >= 4 is 27.8 Å². The van der Waals surface area contributed by atoms with Crippen molar-refractivity contribution in [3.8, 4) is 22.4 Å². The summed E-state index contributed by atoms with van der Waals surface area (Å²) in [4.78, 5) is 11.4.